The van der Waals surface area contributed by atoms with Crippen LogP contribution in [-0.2, 0) is 12.8 Å². The molecule has 0 bridgehead atoms. The van der Waals surface area contributed by atoms with Gasteiger partial charge in [-0.25, -0.2) is 0 Å². The monoisotopic (exact) mass is 196 g/mol. The number of hydrogen-bond acceptors (Lipinski definition) is 2. The van der Waals surface area contributed by atoms with Crippen molar-refractivity contribution < 1.29 is 5.11 Å². The van der Waals surface area contributed by atoms with Gasteiger partial charge in [-0.3, -0.25) is 0 Å². The summed E-state index contributed by atoms with van der Waals surface area (Å²) in [6.45, 7) is 4.16. The summed E-state index contributed by atoms with van der Waals surface area (Å²) < 4.78 is 0. The molecule has 0 aromatic carbocycles. The lowest BCUT2D eigenvalue weighted by molar-refractivity contribution is 0.198. The van der Waals surface area contributed by atoms with Crippen LogP contribution in [0.4, 0.5) is 0 Å². The highest BCUT2D eigenvalue weighted by Crippen LogP contribution is 2.35. The van der Waals surface area contributed by atoms with Gasteiger partial charge in [0, 0.05) is 4.88 Å². The van der Waals surface area contributed by atoms with Crippen molar-refractivity contribution in [2.45, 2.75) is 39.2 Å². The van der Waals surface area contributed by atoms with Crippen molar-refractivity contribution in [1.29, 1.82) is 0 Å². The standard InChI is InChI=1S/C11H16OS/c1-7-3-4-11-9(5-7)10(6-13-11)8(2)12/h6-8,12H,3-5H2,1-2H3. The van der Waals surface area contributed by atoms with E-state index in [0.29, 0.717) is 0 Å². The van der Waals surface area contributed by atoms with E-state index >= 15 is 0 Å². The van der Waals surface area contributed by atoms with Gasteiger partial charge in [0.25, 0.3) is 0 Å². The minimum Gasteiger partial charge on any atom is -0.389 e. The molecule has 13 heavy (non-hydrogen) atoms. The van der Waals surface area contributed by atoms with E-state index in [9.17, 15) is 5.11 Å². The van der Waals surface area contributed by atoms with Gasteiger partial charge in [0.2, 0.25) is 0 Å². The summed E-state index contributed by atoms with van der Waals surface area (Å²) in [4.78, 5) is 1.51. The predicted octanol–water partition coefficient (Wildman–Crippen LogP) is 2.93. The van der Waals surface area contributed by atoms with E-state index in [-0.39, 0.29) is 6.10 Å². The van der Waals surface area contributed by atoms with Crippen molar-refractivity contribution in [3.8, 4) is 0 Å². The van der Waals surface area contributed by atoms with Crippen LogP contribution >= 0.6 is 11.3 Å². The van der Waals surface area contributed by atoms with Gasteiger partial charge >= 0.3 is 0 Å². The molecule has 2 atom stereocenters. The summed E-state index contributed by atoms with van der Waals surface area (Å²) in [6, 6.07) is 0. The fraction of sp³-hybridized carbons (Fsp3) is 0.636. The van der Waals surface area contributed by atoms with E-state index in [0.717, 1.165) is 5.92 Å². The van der Waals surface area contributed by atoms with Gasteiger partial charge in [0.1, 0.15) is 0 Å². The zero-order valence-electron chi connectivity index (χ0n) is 8.21. The van der Waals surface area contributed by atoms with Crippen LogP contribution in [0.25, 0.3) is 0 Å². The van der Waals surface area contributed by atoms with Gasteiger partial charge < -0.3 is 5.11 Å². The molecule has 72 valence electrons. The number of aryl methyl sites for hydroxylation is 1. The zero-order chi connectivity index (χ0) is 9.42. The first-order valence-electron chi connectivity index (χ1n) is 4.95. The van der Waals surface area contributed by atoms with Gasteiger partial charge in [-0.2, -0.15) is 0 Å². The molecule has 1 aliphatic rings. The Morgan fingerprint density at radius 1 is 1.62 bits per heavy atom. The lowest BCUT2D eigenvalue weighted by Gasteiger charge is -2.20. The topological polar surface area (TPSA) is 20.2 Å². The molecule has 1 N–H and O–H groups in total. The predicted molar refractivity (Wildman–Crippen MR) is 56.1 cm³/mol. The van der Waals surface area contributed by atoms with Crippen molar-refractivity contribution in [2.24, 2.45) is 5.92 Å². The van der Waals surface area contributed by atoms with Crippen LogP contribution in [-0.4, -0.2) is 5.11 Å². The van der Waals surface area contributed by atoms with Crippen molar-refractivity contribution >= 4 is 11.3 Å². The van der Waals surface area contributed by atoms with Crippen molar-refractivity contribution in [2.75, 3.05) is 0 Å². The Hall–Kier alpha value is -0.340. The molecule has 2 heteroatoms. The van der Waals surface area contributed by atoms with Crippen molar-refractivity contribution in [3.05, 3.63) is 21.4 Å². The number of thiophene rings is 1. The minimum absolute atomic E-state index is 0.287. The fourth-order valence-electron chi connectivity index (χ4n) is 2.06. The largest absolute Gasteiger partial charge is 0.389 e. The highest BCUT2D eigenvalue weighted by molar-refractivity contribution is 7.10. The van der Waals surface area contributed by atoms with E-state index in [4.69, 9.17) is 0 Å². The Morgan fingerprint density at radius 2 is 2.38 bits per heavy atom. The first-order valence-corrected chi connectivity index (χ1v) is 5.83. The normalized spacial score (nSPS) is 24.1. The minimum atomic E-state index is -0.287. The van der Waals surface area contributed by atoms with E-state index in [2.05, 4.69) is 12.3 Å². The molecule has 1 aromatic rings. The molecule has 0 saturated carbocycles. The molecular formula is C11H16OS. The lowest BCUT2D eigenvalue weighted by Crippen LogP contribution is -2.11. The second-order valence-electron chi connectivity index (χ2n) is 4.12. The van der Waals surface area contributed by atoms with E-state index < -0.39 is 0 Å². The third-order valence-electron chi connectivity index (χ3n) is 2.88. The maximum absolute atomic E-state index is 9.56. The fourth-order valence-corrected chi connectivity index (χ4v) is 3.25. The summed E-state index contributed by atoms with van der Waals surface area (Å²) in [6.07, 6.45) is 3.41. The molecule has 0 saturated heterocycles. The SMILES string of the molecule is CC1CCc2scc(C(C)O)c2C1. The van der Waals surface area contributed by atoms with E-state index in [1.807, 2.05) is 18.3 Å². The molecule has 1 aromatic heterocycles. The first-order chi connectivity index (χ1) is 6.18. The lowest BCUT2D eigenvalue weighted by atomic mass is 9.87. The Bertz CT molecular complexity index is 301. The van der Waals surface area contributed by atoms with E-state index in [1.54, 1.807) is 0 Å². The summed E-state index contributed by atoms with van der Waals surface area (Å²) in [5, 5.41) is 11.7. The molecule has 0 radical (unpaired) electrons. The Kier molecular flexibility index (Phi) is 2.43. The number of fused-ring (bicyclic) bond motifs is 1. The molecule has 2 unspecified atom stereocenters. The molecule has 1 heterocycles. The summed E-state index contributed by atoms with van der Waals surface area (Å²) >= 11 is 1.82. The van der Waals surface area contributed by atoms with Crippen LogP contribution in [0.3, 0.4) is 0 Å². The van der Waals surface area contributed by atoms with Gasteiger partial charge in [-0.1, -0.05) is 6.92 Å². The molecular weight excluding hydrogens is 180 g/mol. The van der Waals surface area contributed by atoms with Crippen LogP contribution in [0.1, 0.15) is 42.4 Å². The summed E-state index contributed by atoms with van der Waals surface area (Å²) in [7, 11) is 0. The Morgan fingerprint density at radius 3 is 3.08 bits per heavy atom. The maximum atomic E-state index is 9.56. The molecule has 0 aliphatic heterocycles. The van der Waals surface area contributed by atoms with Crippen LogP contribution < -0.4 is 0 Å². The van der Waals surface area contributed by atoms with Crippen LogP contribution in [0.2, 0.25) is 0 Å². The van der Waals surface area contributed by atoms with Gasteiger partial charge in [-0.15, -0.1) is 11.3 Å². The number of aliphatic hydroxyl groups excluding tert-OH is 1. The van der Waals surface area contributed by atoms with Gasteiger partial charge in [-0.05, 0) is 48.6 Å². The average molecular weight is 196 g/mol. The summed E-state index contributed by atoms with van der Waals surface area (Å²) in [5.74, 6) is 0.791. The van der Waals surface area contributed by atoms with Crippen molar-refractivity contribution in [1.82, 2.24) is 0 Å². The molecule has 2 rings (SSSR count). The third-order valence-corrected chi connectivity index (χ3v) is 3.99. The first kappa shape index (κ1) is 9.22. The molecule has 0 fully saturated rings. The highest BCUT2D eigenvalue weighted by Gasteiger charge is 2.21. The van der Waals surface area contributed by atoms with Crippen LogP contribution in [0, 0.1) is 5.92 Å². The maximum Gasteiger partial charge on any atom is 0.0772 e. The zero-order valence-corrected chi connectivity index (χ0v) is 9.03. The Labute approximate surface area is 83.4 Å². The van der Waals surface area contributed by atoms with Gasteiger partial charge in [0.05, 0.1) is 6.10 Å². The molecule has 0 amide bonds. The number of hydrogen-bond donors (Lipinski definition) is 1. The van der Waals surface area contributed by atoms with E-state index in [1.165, 1.54) is 35.3 Å². The third kappa shape index (κ3) is 1.65. The summed E-state index contributed by atoms with van der Waals surface area (Å²) in [5.41, 5.74) is 2.62. The second-order valence-corrected chi connectivity index (χ2v) is 5.08. The molecule has 1 nitrogen and oxygen atoms in total. The quantitative estimate of drug-likeness (QED) is 0.732. The second kappa shape index (κ2) is 3.43. The van der Waals surface area contributed by atoms with Crippen LogP contribution in [0.15, 0.2) is 5.38 Å². The highest BCUT2D eigenvalue weighted by atomic mass is 32.1. The molecule has 0 spiro atoms. The van der Waals surface area contributed by atoms with Crippen LogP contribution in [0.5, 0.6) is 0 Å². The Balaban J connectivity index is 2.35. The smallest absolute Gasteiger partial charge is 0.0772 e. The number of aliphatic hydroxyl groups is 1. The molecule has 1 aliphatic carbocycles. The average Bonchev–Trinajstić information content (AvgIpc) is 2.46. The van der Waals surface area contributed by atoms with Crippen molar-refractivity contribution in [3.63, 3.8) is 0 Å². The number of rotatable bonds is 1. The van der Waals surface area contributed by atoms with Gasteiger partial charge in [0.15, 0.2) is 0 Å².